The van der Waals surface area contributed by atoms with Crippen LogP contribution in [-0.2, 0) is 0 Å². The summed E-state index contributed by atoms with van der Waals surface area (Å²) in [5, 5.41) is 0. The average molecular weight is 274 g/mol. The maximum atomic E-state index is 4.46. The maximum Gasteiger partial charge on any atom is -0.0146 e. The highest BCUT2D eigenvalue weighted by atomic mass is 14.6. The fourth-order valence-electron chi connectivity index (χ4n) is 5.32. The van der Waals surface area contributed by atoms with Gasteiger partial charge in [-0.15, -0.1) is 0 Å². The fraction of sp³-hybridized carbons (Fsp3) is 0.800. The lowest BCUT2D eigenvalue weighted by molar-refractivity contribution is -0.0539. The molecule has 3 unspecified atom stereocenters. The van der Waals surface area contributed by atoms with Gasteiger partial charge < -0.3 is 0 Å². The number of hydrogen-bond acceptors (Lipinski definition) is 0. The summed E-state index contributed by atoms with van der Waals surface area (Å²) < 4.78 is 0. The Balaban J connectivity index is 2.22. The van der Waals surface area contributed by atoms with Crippen LogP contribution in [0, 0.1) is 22.7 Å². The van der Waals surface area contributed by atoms with Crippen molar-refractivity contribution in [1.82, 2.24) is 0 Å². The first-order valence-electron chi connectivity index (χ1n) is 8.60. The van der Waals surface area contributed by atoms with Gasteiger partial charge in [-0.05, 0) is 75.0 Å². The van der Waals surface area contributed by atoms with E-state index in [0.29, 0.717) is 10.8 Å². The molecule has 0 saturated heterocycles. The van der Waals surface area contributed by atoms with E-state index in [2.05, 4.69) is 47.3 Å². The van der Waals surface area contributed by atoms with Crippen LogP contribution in [0.15, 0.2) is 23.8 Å². The van der Waals surface area contributed by atoms with E-state index in [4.69, 9.17) is 0 Å². The SMILES string of the molecule is C=C1CCC2C(C)(C)CCCC2(C)C1CC/C(C)=C/C. The van der Waals surface area contributed by atoms with Gasteiger partial charge in [0.1, 0.15) is 0 Å². The van der Waals surface area contributed by atoms with Crippen LogP contribution in [0.4, 0.5) is 0 Å². The van der Waals surface area contributed by atoms with Gasteiger partial charge in [0.05, 0.1) is 0 Å². The molecule has 0 heteroatoms. The summed E-state index contributed by atoms with van der Waals surface area (Å²) in [6.45, 7) is 16.5. The first-order chi connectivity index (χ1) is 9.31. The van der Waals surface area contributed by atoms with Crippen LogP contribution in [-0.4, -0.2) is 0 Å². The van der Waals surface area contributed by atoms with Crippen LogP contribution in [0.25, 0.3) is 0 Å². The summed E-state index contributed by atoms with van der Waals surface area (Å²) in [6.07, 6.45) is 11.7. The highest BCUT2D eigenvalue weighted by Gasteiger charge is 2.52. The van der Waals surface area contributed by atoms with E-state index in [0.717, 1.165) is 11.8 Å². The van der Waals surface area contributed by atoms with Crippen LogP contribution in [0.1, 0.15) is 79.6 Å². The molecule has 2 rings (SSSR count). The van der Waals surface area contributed by atoms with Gasteiger partial charge in [-0.2, -0.15) is 0 Å². The number of rotatable bonds is 3. The molecule has 2 aliphatic rings. The minimum atomic E-state index is 0.505. The zero-order valence-corrected chi connectivity index (χ0v) is 14.4. The minimum absolute atomic E-state index is 0.505. The van der Waals surface area contributed by atoms with Crippen molar-refractivity contribution in [3.63, 3.8) is 0 Å². The van der Waals surface area contributed by atoms with Crippen molar-refractivity contribution in [3.05, 3.63) is 23.8 Å². The molecule has 0 nitrogen and oxygen atoms in total. The summed E-state index contributed by atoms with van der Waals surface area (Å²) in [4.78, 5) is 0. The molecule has 0 heterocycles. The summed E-state index contributed by atoms with van der Waals surface area (Å²) in [5.74, 6) is 1.64. The Morgan fingerprint density at radius 3 is 2.65 bits per heavy atom. The van der Waals surface area contributed by atoms with Crippen molar-refractivity contribution in [3.8, 4) is 0 Å². The Morgan fingerprint density at radius 2 is 2.00 bits per heavy atom. The van der Waals surface area contributed by atoms with E-state index in [9.17, 15) is 0 Å². The Kier molecular flexibility index (Phi) is 4.52. The second-order valence-corrected chi connectivity index (χ2v) is 8.32. The monoisotopic (exact) mass is 274 g/mol. The normalized spacial score (nSPS) is 37.6. The highest BCUT2D eigenvalue weighted by Crippen LogP contribution is 2.61. The first kappa shape index (κ1) is 15.9. The topological polar surface area (TPSA) is 0 Å². The lowest BCUT2D eigenvalue weighted by atomic mass is 9.47. The van der Waals surface area contributed by atoms with Crippen molar-refractivity contribution in [2.45, 2.75) is 79.6 Å². The average Bonchev–Trinajstić information content (AvgIpc) is 2.36. The lowest BCUT2D eigenvalue weighted by Crippen LogP contribution is -2.49. The Bertz CT molecular complexity index is 398. The molecule has 0 aromatic rings. The van der Waals surface area contributed by atoms with Gasteiger partial charge in [0.25, 0.3) is 0 Å². The predicted octanol–water partition coefficient (Wildman–Crippen LogP) is 6.53. The van der Waals surface area contributed by atoms with E-state index in [1.165, 1.54) is 44.9 Å². The molecule has 114 valence electrons. The van der Waals surface area contributed by atoms with E-state index in [1.54, 1.807) is 11.1 Å². The van der Waals surface area contributed by atoms with E-state index >= 15 is 0 Å². The Labute approximate surface area is 126 Å². The molecule has 0 bridgehead atoms. The fourth-order valence-corrected chi connectivity index (χ4v) is 5.32. The molecule has 0 spiro atoms. The van der Waals surface area contributed by atoms with Crippen molar-refractivity contribution in [2.75, 3.05) is 0 Å². The van der Waals surface area contributed by atoms with Crippen molar-refractivity contribution < 1.29 is 0 Å². The highest BCUT2D eigenvalue weighted by molar-refractivity contribution is 5.16. The van der Waals surface area contributed by atoms with Crippen LogP contribution >= 0.6 is 0 Å². The van der Waals surface area contributed by atoms with Crippen molar-refractivity contribution in [2.24, 2.45) is 22.7 Å². The molecule has 3 atom stereocenters. The van der Waals surface area contributed by atoms with Crippen LogP contribution in [0.3, 0.4) is 0 Å². The first-order valence-corrected chi connectivity index (χ1v) is 8.60. The molecule has 0 amide bonds. The third-order valence-electron chi connectivity index (χ3n) is 6.64. The summed E-state index contributed by atoms with van der Waals surface area (Å²) >= 11 is 0. The standard InChI is InChI=1S/C20H34/c1-7-15(2)9-11-17-16(3)10-12-18-19(4,5)13-8-14-20(17,18)6/h7,17-18H,3,8-14H2,1-2,4-6H3/b15-7+. The number of allylic oxidation sites excluding steroid dienone is 3. The van der Waals surface area contributed by atoms with E-state index in [-0.39, 0.29) is 0 Å². The van der Waals surface area contributed by atoms with E-state index in [1.807, 2.05) is 0 Å². The summed E-state index contributed by atoms with van der Waals surface area (Å²) in [5.41, 5.74) is 4.12. The third-order valence-corrected chi connectivity index (χ3v) is 6.64. The van der Waals surface area contributed by atoms with Crippen LogP contribution in [0.2, 0.25) is 0 Å². The molecule has 0 aromatic heterocycles. The molecule has 2 aliphatic carbocycles. The van der Waals surface area contributed by atoms with Gasteiger partial charge in [0.15, 0.2) is 0 Å². The van der Waals surface area contributed by atoms with Gasteiger partial charge >= 0.3 is 0 Å². The zero-order valence-electron chi connectivity index (χ0n) is 14.4. The maximum absolute atomic E-state index is 4.46. The smallest absolute Gasteiger partial charge is 0.0146 e. The second kappa shape index (κ2) is 5.70. The number of hydrogen-bond donors (Lipinski definition) is 0. The molecule has 0 aliphatic heterocycles. The zero-order chi connectivity index (χ0) is 15.0. The van der Waals surface area contributed by atoms with Gasteiger partial charge in [-0.1, -0.05) is 51.0 Å². The molecular weight excluding hydrogens is 240 g/mol. The quantitative estimate of drug-likeness (QED) is 0.513. The van der Waals surface area contributed by atoms with E-state index < -0.39 is 0 Å². The lowest BCUT2D eigenvalue weighted by Gasteiger charge is -2.58. The molecule has 20 heavy (non-hydrogen) atoms. The second-order valence-electron chi connectivity index (χ2n) is 8.32. The Hall–Kier alpha value is -0.520. The van der Waals surface area contributed by atoms with Gasteiger partial charge in [-0.3, -0.25) is 0 Å². The predicted molar refractivity (Wildman–Crippen MR) is 89.8 cm³/mol. The van der Waals surface area contributed by atoms with Crippen LogP contribution in [0.5, 0.6) is 0 Å². The van der Waals surface area contributed by atoms with Crippen molar-refractivity contribution in [1.29, 1.82) is 0 Å². The minimum Gasteiger partial charge on any atom is -0.0996 e. The summed E-state index contributed by atoms with van der Waals surface area (Å²) in [6, 6.07) is 0. The van der Waals surface area contributed by atoms with Crippen LogP contribution < -0.4 is 0 Å². The molecule has 0 aromatic carbocycles. The van der Waals surface area contributed by atoms with Crippen molar-refractivity contribution >= 4 is 0 Å². The Morgan fingerprint density at radius 1 is 1.30 bits per heavy atom. The molecule has 2 saturated carbocycles. The third kappa shape index (κ3) is 2.76. The summed E-state index contributed by atoms with van der Waals surface area (Å²) in [7, 11) is 0. The molecule has 0 N–H and O–H groups in total. The number of fused-ring (bicyclic) bond motifs is 1. The molecule has 2 fully saturated rings. The molecule has 0 radical (unpaired) electrons. The molecular formula is C20H34. The largest absolute Gasteiger partial charge is 0.0996 e. The van der Waals surface area contributed by atoms with Gasteiger partial charge in [-0.25, -0.2) is 0 Å². The van der Waals surface area contributed by atoms with Gasteiger partial charge in [0.2, 0.25) is 0 Å². The van der Waals surface area contributed by atoms with Gasteiger partial charge in [0, 0.05) is 0 Å².